The molecule has 0 aliphatic heterocycles. The summed E-state index contributed by atoms with van der Waals surface area (Å²) in [6.07, 6.45) is 0. The molecule has 2 aromatic rings. The first-order valence-corrected chi connectivity index (χ1v) is 5.88. The first-order chi connectivity index (χ1) is 8.58. The summed E-state index contributed by atoms with van der Waals surface area (Å²) in [7, 11) is 0. The van der Waals surface area contributed by atoms with Crippen LogP contribution < -0.4 is 11.1 Å². The lowest BCUT2D eigenvalue weighted by Gasteiger charge is -2.08. The molecule has 92 valence electrons. The van der Waals surface area contributed by atoms with Crippen molar-refractivity contribution in [1.82, 2.24) is 0 Å². The van der Waals surface area contributed by atoms with Gasteiger partial charge in [0.15, 0.2) is 0 Å². The summed E-state index contributed by atoms with van der Waals surface area (Å²) in [6.45, 7) is 1.86. The van der Waals surface area contributed by atoms with Crippen LogP contribution in [0.25, 0.3) is 0 Å². The van der Waals surface area contributed by atoms with Crippen LogP contribution in [0.1, 0.15) is 15.9 Å². The van der Waals surface area contributed by atoms with Crippen LogP contribution in [-0.4, -0.2) is 5.91 Å². The number of nitrogens with one attached hydrogen (secondary N) is 1. The second-order valence-electron chi connectivity index (χ2n) is 4.01. The molecule has 0 heterocycles. The Hall–Kier alpha value is -2.00. The second-order valence-corrected chi connectivity index (χ2v) is 4.39. The molecule has 1 amide bonds. The number of nitrogen functional groups attached to an aromatic ring is 1. The Balaban J connectivity index is 2.22. The molecule has 0 aliphatic carbocycles. The molecule has 0 aliphatic rings. The molecule has 3 N–H and O–H groups in total. The summed E-state index contributed by atoms with van der Waals surface area (Å²) in [5, 5.41) is 3.25. The number of hydrogen-bond acceptors (Lipinski definition) is 2. The number of anilines is 2. The van der Waals surface area contributed by atoms with Gasteiger partial charge in [0.05, 0.1) is 10.6 Å². The highest BCUT2D eigenvalue weighted by atomic mass is 35.5. The normalized spacial score (nSPS) is 10.1. The van der Waals surface area contributed by atoms with Crippen molar-refractivity contribution in [2.75, 3.05) is 11.1 Å². The zero-order valence-corrected chi connectivity index (χ0v) is 10.7. The molecule has 0 saturated heterocycles. The predicted octanol–water partition coefficient (Wildman–Crippen LogP) is 3.48. The van der Waals surface area contributed by atoms with Crippen LogP contribution in [-0.2, 0) is 0 Å². The van der Waals surface area contributed by atoms with Gasteiger partial charge in [0.2, 0.25) is 0 Å². The van der Waals surface area contributed by atoms with E-state index < -0.39 is 0 Å². The van der Waals surface area contributed by atoms with E-state index in [2.05, 4.69) is 5.32 Å². The van der Waals surface area contributed by atoms with Gasteiger partial charge in [-0.3, -0.25) is 4.79 Å². The third-order valence-corrected chi connectivity index (χ3v) is 3.11. The number of hydrogen-bond donors (Lipinski definition) is 2. The maximum Gasteiger partial charge on any atom is 0.257 e. The third kappa shape index (κ3) is 2.63. The van der Waals surface area contributed by atoms with Crippen LogP contribution >= 0.6 is 11.6 Å². The first kappa shape index (κ1) is 12.5. The van der Waals surface area contributed by atoms with Crippen LogP contribution in [0, 0.1) is 6.92 Å². The number of carbonyl (C=O) groups is 1. The molecular formula is C14H13ClN2O. The van der Waals surface area contributed by atoms with Crippen molar-refractivity contribution >= 4 is 28.9 Å². The number of rotatable bonds is 2. The lowest BCUT2D eigenvalue weighted by atomic mass is 10.1. The minimum Gasteiger partial charge on any atom is -0.399 e. The molecule has 0 spiro atoms. The van der Waals surface area contributed by atoms with Crippen molar-refractivity contribution in [3.8, 4) is 0 Å². The van der Waals surface area contributed by atoms with E-state index in [1.807, 2.05) is 13.0 Å². The number of aryl methyl sites for hydroxylation is 1. The van der Waals surface area contributed by atoms with E-state index in [-0.39, 0.29) is 5.91 Å². The van der Waals surface area contributed by atoms with Gasteiger partial charge in [0.25, 0.3) is 5.91 Å². The van der Waals surface area contributed by atoms with Gasteiger partial charge >= 0.3 is 0 Å². The highest BCUT2D eigenvalue weighted by Crippen LogP contribution is 2.21. The van der Waals surface area contributed by atoms with Crippen molar-refractivity contribution in [2.24, 2.45) is 0 Å². The van der Waals surface area contributed by atoms with E-state index in [9.17, 15) is 4.79 Å². The van der Waals surface area contributed by atoms with Gasteiger partial charge in [-0.05, 0) is 42.8 Å². The molecule has 2 rings (SSSR count). The second kappa shape index (κ2) is 5.10. The SMILES string of the molecule is Cc1cccc(C(=O)Nc2ccc(N)cc2)c1Cl. The maximum absolute atomic E-state index is 12.0. The summed E-state index contributed by atoms with van der Waals surface area (Å²) in [4.78, 5) is 12.0. The lowest BCUT2D eigenvalue weighted by Crippen LogP contribution is -2.12. The maximum atomic E-state index is 12.0. The Morgan fingerprint density at radius 2 is 1.83 bits per heavy atom. The summed E-state index contributed by atoms with van der Waals surface area (Å²) < 4.78 is 0. The Morgan fingerprint density at radius 3 is 2.50 bits per heavy atom. The molecule has 0 aromatic heterocycles. The molecule has 4 heteroatoms. The molecular weight excluding hydrogens is 248 g/mol. The minimum absolute atomic E-state index is 0.228. The average Bonchev–Trinajstić information content (AvgIpc) is 2.35. The van der Waals surface area contributed by atoms with Gasteiger partial charge in [0, 0.05) is 11.4 Å². The van der Waals surface area contributed by atoms with Crippen molar-refractivity contribution in [1.29, 1.82) is 0 Å². The Kier molecular flexibility index (Phi) is 3.53. The van der Waals surface area contributed by atoms with Gasteiger partial charge in [-0.1, -0.05) is 23.7 Å². The lowest BCUT2D eigenvalue weighted by molar-refractivity contribution is 0.102. The minimum atomic E-state index is -0.228. The number of amides is 1. The highest BCUT2D eigenvalue weighted by Gasteiger charge is 2.11. The highest BCUT2D eigenvalue weighted by molar-refractivity contribution is 6.35. The zero-order chi connectivity index (χ0) is 13.1. The largest absolute Gasteiger partial charge is 0.399 e. The number of nitrogens with two attached hydrogens (primary N) is 1. The Bertz CT molecular complexity index is 579. The monoisotopic (exact) mass is 260 g/mol. The average molecular weight is 261 g/mol. The molecule has 3 nitrogen and oxygen atoms in total. The van der Waals surface area contributed by atoms with Gasteiger partial charge < -0.3 is 11.1 Å². The summed E-state index contributed by atoms with van der Waals surface area (Å²) in [5.41, 5.74) is 8.26. The zero-order valence-electron chi connectivity index (χ0n) is 9.91. The van der Waals surface area contributed by atoms with Gasteiger partial charge in [-0.2, -0.15) is 0 Å². The van der Waals surface area contributed by atoms with Crippen LogP contribution in [0.4, 0.5) is 11.4 Å². The van der Waals surface area contributed by atoms with Crippen LogP contribution in [0.3, 0.4) is 0 Å². The van der Waals surface area contributed by atoms with Gasteiger partial charge in [-0.25, -0.2) is 0 Å². The first-order valence-electron chi connectivity index (χ1n) is 5.50. The topological polar surface area (TPSA) is 55.1 Å². The molecule has 18 heavy (non-hydrogen) atoms. The van der Waals surface area contributed by atoms with E-state index >= 15 is 0 Å². The molecule has 0 saturated carbocycles. The molecule has 0 radical (unpaired) electrons. The van der Waals surface area contributed by atoms with Crippen LogP contribution in [0.2, 0.25) is 5.02 Å². The predicted molar refractivity (Wildman–Crippen MR) is 75.0 cm³/mol. The smallest absolute Gasteiger partial charge is 0.257 e. The quantitative estimate of drug-likeness (QED) is 0.812. The summed E-state index contributed by atoms with van der Waals surface area (Å²) in [5.74, 6) is -0.228. The standard InChI is InChI=1S/C14H13ClN2O/c1-9-3-2-4-12(13(9)15)14(18)17-11-7-5-10(16)6-8-11/h2-8H,16H2,1H3,(H,17,18). The van der Waals surface area contributed by atoms with Crippen molar-refractivity contribution < 1.29 is 4.79 Å². The van der Waals surface area contributed by atoms with Crippen molar-refractivity contribution in [3.63, 3.8) is 0 Å². The van der Waals surface area contributed by atoms with Crippen LogP contribution in [0.5, 0.6) is 0 Å². The number of carbonyl (C=O) groups excluding carboxylic acids is 1. The van der Waals surface area contributed by atoms with Crippen molar-refractivity contribution in [3.05, 3.63) is 58.6 Å². The molecule has 0 fully saturated rings. The fourth-order valence-electron chi connectivity index (χ4n) is 1.59. The summed E-state index contributed by atoms with van der Waals surface area (Å²) in [6, 6.07) is 12.3. The van der Waals surface area contributed by atoms with E-state index in [0.717, 1.165) is 5.56 Å². The molecule has 0 bridgehead atoms. The Labute approximate surface area is 111 Å². The molecule has 2 aromatic carbocycles. The van der Waals surface area contributed by atoms with Crippen molar-refractivity contribution in [2.45, 2.75) is 6.92 Å². The molecule has 0 atom stereocenters. The fourth-order valence-corrected chi connectivity index (χ4v) is 1.80. The van der Waals surface area contributed by atoms with E-state index in [1.165, 1.54) is 0 Å². The summed E-state index contributed by atoms with van der Waals surface area (Å²) >= 11 is 6.10. The molecule has 0 unspecified atom stereocenters. The van der Waals surface area contributed by atoms with E-state index in [0.29, 0.717) is 22.0 Å². The van der Waals surface area contributed by atoms with E-state index in [4.69, 9.17) is 17.3 Å². The number of halogens is 1. The van der Waals surface area contributed by atoms with Gasteiger partial charge in [-0.15, -0.1) is 0 Å². The van der Waals surface area contributed by atoms with Crippen LogP contribution in [0.15, 0.2) is 42.5 Å². The Morgan fingerprint density at radius 1 is 1.17 bits per heavy atom. The van der Waals surface area contributed by atoms with Gasteiger partial charge in [0.1, 0.15) is 0 Å². The fraction of sp³-hybridized carbons (Fsp3) is 0.0714. The number of benzene rings is 2. The van der Waals surface area contributed by atoms with E-state index in [1.54, 1.807) is 36.4 Å². The third-order valence-electron chi connectivity index (χ3n) is 2.60.